The Morgan fingerprint density at radius 1 is 1.29 bits per heavy atom. The van der Waals surface area contributed by atoms with Crippen LogP contribution < -0.4 is 5.32 Å². The molecule has 5 heteroatoms. The van der Waals surface area contributed by atoms with Crippen molar-refractivity contribution in [2.75, 3.05) is 31.6 Å². The molecule has 1 aromatic rings. The van der Waals surface area contributed by atoms with Crippen molar-refractivity contribution >= 4 is 17.6 Å². The number of ether oxygens (including phenoxy) is 1. The Balaban J connectivity index is 2.53. The number of amides is 1. The molecule has 5 nitrogen and oxygen atoms in total. The van der Waals surface area contributed by atoms with Gasteiger partial charge in [0.1, 0.15) is 0 Å². The zero-order chi connectivity index (χ0) is 15.7. The van der Waals surface area contributed by atoms with Crippen LogP contribution in [0, 0.1) is 6.92 Å². The van der Waals surface area contributed by atoms with Gasteiger partial charge in [0, 0.05) is 12.2 Å². The minimum atomic E-state index is -0.345. The summed E-state index contributed by atoms with van der Waals surface area (Å²) in [7, 11) is 0. The van der Waals surface area contributed by atoms with E-state index in [0.717, 1.165) is 11.3 Å². The van der Waals surface area contributed by atoms with Gasteiger partial charge in [-0.1, -0.05) is 23.8 Å². The van der Waals surface area contributed by atoms with E-state index >= 15 is 0 Å². The van der Waals surface area contributed by atoms with E-state index in [1.54, 1.807) is 17.9 Å². The second kappa shape index (κ2) is 8.92. The van der Waals surface area contributed by atoms with E-state index in [1.165, 1.54) is 0 Å². The predicted molar refractivity (Wildman–Crippen MR) is 83.1 cm³/mol. The van der Waals surface area contributed by atoms with Gasteiger partial charge in [0.2, 0.25) is 5.91 Å². The Kier molecular flexibility index (Phi) is 7.18. The first-order chi connectivity index (χ1) is 10.0. The van der Waals surface area contributed by atoms with E-state index in [1.807, 2.05) is 31.2 Å². The van der Waals surface area contributed by atoms with Crippen molar-refractivity contribution < 1.29 is 14.3 Å². The number of anilines is 1. The summed E-state index contributed by atoms with van der Waals surface area (Å²) >= 11 is 0. The lowest BCUT2D eigenvalue weighted by Crippen LogP contribution is -2.37. The quantitative estimate of drug-likeness (QED) is 0.587. The highest BCUT2D eigenvalue weighted by Crippen LogP contribution is 2.08. The summed E-state index contributed by atoms with van der Waals surface area (Å²) < 4.78 is 4.89. The van der Waals surface area contributed by atoms with Crippen molar-refractivity contribution in [3.8, 4) is 0 Å². The van der Waals surface area contributed by atoms with Crippen LogP contribution in [0.3, 0.4) is 0 Å². The van der Waals surface area contributed by atoms with Gasteiger partial charge in [-0.2, -0.15) is 0 Å². The second-order valence-corrected chi connectivity index (χ2v) is 4.68. The van der Waals surface area contributed by atoms with Crippen LogP contribution in [-0.4, -0.2) is 43.0 Å². The van der Waals surface area contributed by atoms with Gasteiger partial charge >= 0.3 is 5.97 Å². The molecular formula is C16H22N2O3. The number of hydrogen-bond acceptors (Lipinski definition) is 4. The minimum Gasteiger partial charge on any atom is -0.465 e. The Morgan fingerprint density at radius 3 is 2.52 bits per heavy atom. The van der Waals surface area contributed by atoms with Gasteiger partial charge in [0.25, 0.3) is 0 Å². The Morgan fingerprint density at radius 2 is 1.95 bits per heavy atom. The molecule has 0 aliphatic rings. The number of hydrogen-bond donors (Lipinski definition) is 1. The molecule has 0 saturated heterocycles. The lowest BCUT2D eigenvalue weighted by molar-refractivity contribution is -0.144. The third-order valence-electron chi connectivity index (χ3n) is 2.75. The fourth-order valence-electron chi connectivity index (χ4n) is 1.80. The molecule has 1 rings (SSSR count). The molecule has 0 spiro atoms. The molecule has 1 amide bonds. The molecule has 0 bridgehead atoms. The van der Waals surface area contributed by atoms with E-state index in [9.17, 15) is 9.59 Å². The first kappa shape index (κ1) is 16.9. The van der Waals surface area contributed by atoms with Crippen LogP contribution in [0.5, 0.6) is 0 Å². The number of rotatable bonds is 8. The zero-order valence-corrected chi connectivity index (χ0v) is 12.6. The topological polar surface area (TPSA) is 58.6 Å². The molecule has 1 aromatic carbocycles. The summed E-state index contributed by atoms with van der Waals surface area (Å²) in [4.78, 5) is 25.1. The number of carbonyl (C=O) groups excluding carboxylic acids is 2. The molecule has 0 fully saturated rings. The van der Waals surface area contributed by atoms with E-state index in [2.05, 4.69) is 11.9 Å². The lowest BCUT2D eigenvalue weighted by atomic mass is 10.2. The molecule has 1 N–H and O–H groups in total. The van der Waals surface area contributed by atoms with Crippen LogP contribution in [-0.2, 0) is 14.3 Å². The molecule has 0 aliphatic heterocycles. The minimum absolute atomic E-state index is 0.0706. The van der Waals surface area contributed by atoms with Gasteiger partial charge in [0.15, 0.2) is 0 Å². The summed E-state index contributed by atoms with van der Waals surface area (Å²) in [5.74, 6) is -0.521. The van der Waals surface area contributed by atoms with Gasteiger partial charge < -0.3 is 10.1 Å². The van der Waals surface area contributed by atoms with Crippen LogP contribution >= 0.6 is 0 Å². The highest BCUT2D eigenvalue weighted by atomic mass is 16.5. The van der Waals surface area contributed by atoms with Gasteiger partial charge in [-0.15, -0.1) is 6.58 Å². The fraction of sp³-hybridized carbons (Fsp3) is 0.375. The van der Waals surface area contributed by atoms with Crippen molar-refractivity contribution in [1.29, 1.82) is 0 Å². The normalized spacial score (nSPS) is 10.2. The molecule has 114 valence electrons. The molecule has 0 radical (unpaired) electrons. The number of aryl methyl sites for hydroxylation is 1. The summed E-state index contributed by atoms with van der Waals surface area (Å²) in [6.07, 6.45) is 1.65. The lowest BCUT2D eigenvalue weighted by Gasteiger charge is -2.19. The van der Waals surface area contributed by atoms with E-state index < -0.39 is 0 Å². The standard InChI is InChI=1S/C16H22N2O3/c1-4-10-18(12-16(20)21-5-2)11-15(19)17-14-8-6-13(3)7-9-14/h4,6-9H,1,5,10-12H2,2-3H3,(H,17,19). The molecule has 0 saturated carbocycles. The zero-order valence-electron chi connectivity index (χ0n) is 12.6. The molecule has 0 atom stereocenters. The van der Waals surface area contributed by atoms with Crippen LogP contribution in [0.1, 0.15) is 12.5 Å². The van der Waals surface area contributed by atoms with Crippen molar-refractivity contribution in [3.63, 3.8) is 0 Å². The first-order valence-electron chi connectivity index (χ1n) is 6.90. The summed E-state index contributed by atoms with van der Waals surface area (Å²) in [5.41, 5.74) is 1.86. The number of benzene rings is 1. The van der Waals surface area contributed by atoms with E-state index in [0.29, 0.717) is 13.2 Å². The highest BCUT2D eigenvalue weighted by molar-refractivity contribution is 5.92. The maximum Gasteiger partial charge on any atom is 0.320 e. The SMILES string of the molecule is C=CCN(CC(=O)Nc1ccc(C)cc1)CC(=O)OCC. The van der Waals surface area contributed by atoms with Gasteiger partial charge in [-0.05, 0) is 26.0 Å². The summed E-state index contributed by atoms with van der Waals surface area (Å²) in [5, 5.41) is 2.80. The van der Waals surface area contributed by atoms with Crippen molar-refractivity contribution in [3.05, 3.63) is 42.5 Å². The second-order valence-electron chi connectivity index (χ2n) is 4.68. The van der Waals surface area contributed by atoms with Crippen LogP contribution in [0.15, 0.2) is 36.9 Å². The monoisotopic (exact) mass is 290 g/mol. The maximum atomic E-state index is 12.0. The molecule has 21 heavy (non-hydrogen) atoms. The van der Waals surface area contributed by atoms with Crippen LogP contribution in [0.25, 0.3) is 0 Å². The fourth-order valence-corrected chi connectivity index (χ4v) is 1.80. The third-order valence-corrected chi connectivity index (χ3v) is 2.75. The van der Waals surface area contributed by atoms with Crippen molar-refractivity contribution in [2.24, 2.45) is 0 Å². The largest absolute Gasteiger partial charge is 0.465 e. The van der Waals surface area contributed by atoms with Crippen LogP contribution in [0.2, 0.25) is 0 Å². The smallest absolute Gasteiger partial charge is 0.320 e. The van der Waals surface area contributed by atoms with Gasteiger partial charge in [-0.25, -0.2) is 0 Å². The van der Waals surface area contributed by atoms with Gasteiger partial charge in [-0.3, -0.25) is 14.5 Å². The number of nitrogens with one attached hydrogen (secondary N) is 1. The Hall–Kier alpha value is -2.14. The summed E-state index contributed by atoms with van der Waals surface area (Å²) in [6, 6.07) is 7.54. The summed E-state index contributed by atoms with van der Waals surface area (Å²) in [6.45, 7) is 8.32. The average molecular weight is 290 g/mol. The third kappa shape index (κ3) is 6.72. The van der Waals surface area contributed by atoms with Crippen molar-refractivity contribution in [2.45, 2.75) is 13.8 Å². The predicted octanol–water partition coefficient (Wildman–Crippen LogP) is 1.98. The highest BCUT2D eigenvalue weighted by Gasteiger charge is 2.14. The number of nitrogens with zero attached hydrogens (tertiary/aromatic N) is 1. The maximum absolute atomic E-state index is 12.0. The van der Waals surface area contributed by atoms with Crippen LogP contribution in [0.4, 0.5) is 5.69 Å². The van der Waals surface area contributed by atoms with E-state index in [4.69, 9.17) is 4.74 Å². The Bertz CT molecular complexity index is 483. The van der Waals surface area contributed by atoms with Crippen molar-refractivity contribution in [1.82, 2.24) is 4.90 Å². The molecule has 0 unspecified atom stereocenters. The van der Waals surface area contributed by atoms with Gasteiger partial charge in [0.05, 0.1) is 19.7 Å². The Labute approximate surface area is 125 Å². The molecule has 0 aliphatic carbocycles. The average Bonchev–Trinajstić information content (AvgIpc) is 2.41. The number of esters is 1. The molecular weight excluding hydrogens is 268 g/mol. The first-order valence-corrected chi connectivity index (χ1v) is 6.90. The number of carbonyl (C=O) groups is 2. The molecule has 0 aromatic heterocycles. The van der Waals surface area contributed by atoms with E-state index in [-0.39, 0.29) is 25.0 Å². The molecule has 0 heterocycles.